The number of carbonyl (C=O) groups is 1. The van der Waals surface area contributed by atoms with Gasteiger partial charge in [0.05, 0.1) is 9.77 Å². The molecule has 2 heterocycles. The van der Waals surface area contributed by atoms with Gasteiger partial charge in [0.25, 0.3) is 0 Å². The predicted octanol–water partition coefficient (Wildman–Crippen LogP) is 2.35. The fourth-order valence-corrected chi connectivity index (χ4v) is 5.32. The fourth-order valence-electron chi connectivity index (χ4n) is 2.40. The number of aromatic amines is 1. The second-order valence-corrected chi connectivity index (χ2v) is 8.77. The quantitative estimate of drug-likeness (QED) is 0.762. The molecule has 2 aromatic rings. The first kappa shape index (κ1) is 20.4. The lowest BCUT2D eigenvalue weighted by atomic mass is 10.2. The Morgan fingerprint density at radius 2 is 2.04 bits per heavy atom. The molecule has 2 rings (SSSR count). The monoisotopic (exact) mass is 410 g/mol. The highest BCUT2D eigenvalue weighted by Crippen LogP contribution is 2.36. The molecule has 12 heteroatoms. The van der Waals surface area contributed by atoms with Crippen molar-refractivity contribution in [2.75, 3.05) is 7.05 Å². The Balaban J connectivity index is 2.44. The number of rotatable bonds is 6. The predicted molar refractivity (Wildman–Crippen MR) is 89.9 cm³/mol. The number of aromatic nitrogens is 2. The van der Waals surface area contributed by atoms with Crippen LogP contribution in [-0.2, 0) is 21.0 Å². The zero-order valence-electron chi connectivity index (χ0n) is 14.1. The van der Waals surface area contributed by atoms with Gasteiger partial charge >= 0.3 is 6.18 Å². The smallest absolute Gasteiger partial charge is 0.368 e. The van der Waals surface area contributed by atoms with Gasteiger partial charge in [0, 0.05) is 11.9 Å². The Kier molecular flexibility index (Phi) is 5.49. The summed E-state index contributed by atoms with van der Waals surface area (Å²) in [6.07, 6.45) is -4.39. The van der Waals surface area contributed by atoms with Crippen LogP contribution in [0.1, 0.15) is 23.9 Å². The summed E-state index contributed by atoms with van der Waals surface area (Å²) in [5, 5.41) is 5.48. The Bertz CT molecular complexity index is 918. The standard InChI is InChI=1S/C14H17F3N4O3S2/c1-4-9(13(18)22)21(3)26(23,24)11-6-10(25-7(11)2)8-5-12(20-19-8)14(15,16)17/h5-6,9H,4H2,1-3H3,(H2,18,22)(H,19,20). The van der Waals surface area contributed by atoms with Crippen LogP contribution in [0.25, 0.3) is 10.6 Å². The molecule has 7 nitrogen and oxygen atoms in total. The maximum absolute atomic E-state index is 12.8. The molecule has 0 aliphatic rings. The Morgan fingerprint density at radius 1 is 1.42 bits per heavy atom. The van der Waals surface area contributed by atoms with Crippen molar-refractivity contribution in [2.45, 2.75) is 37.4 Å². The van der Waals surface area contributed by atoms with Crippen LogP contribution in [-0.4, -0.2) is 41.9 Å². The second-order valence-electron chi connectivity index (χ2n) is 5.54. The summed E-state index contributed by atoms with van der Waals surface area (Å²) in [5.41, 5.74) is 4.19. The molecule has 2 aromatic heterocycles. The van der Waals surface area contributed by atoms with Gasteiger partial charge in [-0.3, -0.25) is 9.89 Å². The van der Waals surface area contributed by atoms with Crippen LogP contribution >= 0.6 is 11.3 Å². The molecule has 3 N–H and O–H groups in total. The molecule has 1 unspecified atom stereocenters. The molecule has 0 bridgehead atoms. The molecule has 26 heavy (non-hydrogen) atoms. The Hall–Kier alpha value is -1.92. The summed E-state index contributed by atoms with van der Waals surface area (Å²) in [4.78, 5) is 12.0. The minimum Gasteiger partial charge on any atom is -0.368 e. The molecule has 0 spiro atoms. The molecule has 0 aromatic carbocycles. The van der Waals surface area contributed by atoms with Crippen LogP contribution < -0.4 is 5.73 Å². The Morgan fingerprint density at radius 3 is 2.50 bits per heavy atom. The first-order valence-corrected chi connectivity index (χ1v) is 9.66. The molecule has 1 amide bonds. The first-order valence-electron chi connectivity index (χ1n) is 7.40. The summed E-state index contributed by atoms with van der Waals surface area (Å²) in [5.74, 6) is -0.784. The molecule has 0 fully saturated rings. The number of amides is 1. The number of likely N-dealkylation sites (N-methyl/N-ethyl adjacent to an activating group) is 1. The lowest BCUT2D eigenvalue weighted by molar-refractivity contribution is -0.141. The van der Waals surface area contributed by atoms with Gasteiger partial charge in [-0.05, 0) is 25.5 Å². The van der Waals surface area contributed by atoms with Gasteiger partial charge in [-0.1, -0.05) is 6.92 Å². The lowest BCUT2D eigenvalue weighted by Crippen LogP contribution is -2.45. The van der Waals surface area contributed by atoms with Crippen LogP contribution in [0.2, 0.25) is 0 Å². The minimum absolute atomic E-state index is 0.0172. The highest BCUT2D eigenvalue weighted by molar-refractivity contribution is 7.89. The third-order valence-corrected chi connectivity index (χ3v) is 7.01. The van der Waals surface area contributed by atoms with E-state index in [4.69, 9.17) is 5.73 Å². The molecule has 0 saturated heterocycles. The summed E-state index contributed by atoms with van der Waals surface area (Å²) >= 11 is 0.992. The summed E-state index contributed by atoms with van der Waals surface area (Å²) in [6.45, 7) is 3.15. The molecular weight excluding hydrogens is 393 g/mol. The third kappa shape index (κ3) is 3.76. The van der Waals surface area contributed by atoms with E-state index in [0.717, 1.165) is 21.7 Å². The van der Waals surface area contributed by atoms with Crippen LogP contribution in [0.3, 0.4) is 0 Å². The van der Waals surface area contributed by atoms with Crippen LogP contribution in [0.15, 0.2) is 17.0 Å². The van der Waals surface area contributed by atoms with Crippen LogP contribution in [0, 0.1) is 6.92 Å². The molecule has 0 aliphatic carbocycles. The maximum atomic E-state index is 12.8. The van der Waals surface area contributed by atoms with E-state index in [0.29, 0.717) is 4.88 Å². The number of sulfonamides is 1. The van der Waals surface area contributed by atoms with Gasteiger partial charge in [0.2, 0.25) is 15.9 Å². The van der Waals surface area contributed by atoms with E-state index in [1.165, 1.54) is 20.0 Å². The Labute approximate surface area is 152 Å². The number of alkyl halides is 3. The number of hydrogen-bond acceptors (Lipinski definition) is 5. The van der Waals surface area contributed by atoms with E-state index in [-0.39, 0.29) is 21.9 Å². The number of nitrogens with two attached hydrogens (primary N) is 1. The zero-order chi connectivity index (χ0) is 19.9. The summed E-state index contributed by atoms with van der Waals surface area (Å²) < 4.78 is 64.5. The van der Waals surface area contributed by atoms with Gasteiger partial charge in [0.1, 0.15) is 17.4 Å². The van der Waals surface area contributed by atoms with E-state index in [1.54, 1.807) is 6.92 Å². The average Bonchev–Trinajstić information content (AvgIpc) is 3.13. The highest BCUT2D eigenvalue weighted by Gasteiger charge is 2.35. The van der Waals surface area contributed by atoms with E-state index in [1.807, 2.05) is 5.10 Å². The topological polar surface area (TPSA) is 109 Å². The summed E-state index contributed by atoms with van der Waals surface area (Å²) in [7, 11) is -2.81. The van der Waals surface area contributed by atoms with E-state index in [2.05, 4.69) is 5.10 Å². The molecule has 0 aliphatic heterocycles. The molecule has 144 valence electrons. The van der Waals surface area contributed by atoms with Crippen LogP contribution in [0.5, 0.6) is 0 Å². The normalized spacial score (nSPS) is 14.0. The van der Waals surface area contributed by atoms with Crippen molar-refractivity contribution in [3.05, 3.63) is 22.7 Å². The summed E-state index contributed by atoms with van der Waals surface area (Å²) in [6, 6.07) is 1.03. The van der Waals surface area contributed by atoms with E-state index in [9.17, 15) is 26.4 Å². The van der Waals surface area contributed by atoms with Gasteiger partial charge < -0.3 is 5.73 Å². The molecular formula is C14H17F3N4O3S2. The van der Waals surface area contributed by atoms with E-state index >= 15 is 0 Å². The van der Waals surface area contributed by atoms with Crippen molar-refractivity contribution in [1.29, 1.82) is 0 Å². The number of nitrogens with one attached hydrogen (secondary N) is 1. The van der Waals surface area contributed by atoms with Crippen molar-refractivity contribution in [2.24, 2.45) is 5.73 Å². The number of aryl methyl sites for hydroxylation is 1. The lowest BCUT2D eigenvalue weighted by Gasteiger charge is -2.23. The largest absolute Gasteiger partial charge is 0.432 e. The number of carbonyl (C=O) groups excluding carboxylic acids is 1. The molecule has 0 saturated carbocycles. The fraction of sp³-hybridized carbons (Fsp3) is 0.429. The number of primary amides is 1. The molecule has 0 radical (unpaired) electrons. The van der Waals surface area contributed by atoms with Gasteiger partial charge in [-0.25, -0.2) is 8.42 Å². The SMILES string of the molecule is CCC(C(N)=O)N(C)S(=O)(=O)c1cc(-c2cc(C(F)(F)F)[nH]n2)sc1C. The van der Waals surface area contributed by atoms with E-state index < -0.39 is 33.8 Å². The zero-order valence-corrected chi connectivity index (χ0v) is 15.7. The first-order chi connectivity index (χ1) is 11.9. The van der Waals surface area contributed by atoms with Gasteiger partial charge in [-0.2, -0.15) is 22.6 Å². The third-order valence-electron chi connectivity index (χ3n) is 3.82. The van der Waals surface area contributed by atoms with Crippen molar-refractivity contribution in [1.82, 2.24) is 14.5 Å². The number of hydrogen-bond donors (Lipinski definition) is 2. The van der Waals surface area contributed by atoms with Gasteiger partial charge in [0.15, 0.2) is 0 Å². The number of H-pyrrole nitrogens is 1. The number of thiophene rings is 1. The minimum atomic E-state index is -4.58. The second kappa shape index (κ2) is 7.00. The highest BCUT2D eigenvalue weighted by atomic mass is 32.2. The number of nitrogens with zero attached hydrogens (tertiary/aromatic N) is 2. The number of halogens is 3. The van der Waals surface area contributed by atoms with Crippen molar-refractivity contribution in [3.63, 3.8) is 0 Å². The van der Waals surface area contributed by atoms with Crippen molar-refractivity contribution < 1.29 is 26.4 Å². The maximum Gasteiger partial charge on any atom is 0.432 e. The van der Waals surface area contributed by atoms with Crippen LogP contribution in [0.4, 0.5) is 13.2 Å². The average molecular weight is 410 g/mol. The molecule has 1 atom stereocenters. The van der Waals surface area contributed by atoms with Crippen molar-refractivity contribution in [3.8, 4) is 10.6 Å². The van der Waals surface area contributed by atoms with Crippen molar-refractivity contribution >= 4 is 27.3 Å². The van der Waals surface area contributed by atoms with Gasteiger partial charge in [-0.15, -0.1) is 11.3 Å².